The maximum Gasteiger partial charge on any atom is 1.00 e. The molecule has 20 atom stereocenters. The van der Waals surface area contributed by atoms with Crippen LogP contribution in [0.2, 0.25) is 18.1 Å². The molecule has 4 bridgehead atoms. The van der Waals surface area contributed by atoms with Crippen molar-refractivity contribution in [3.8, 4) is 0 Å². The SMILES string of the molecule is CC(C)(C)[Si](C)(C)O[C@@H]1[C@@H]2OP([O-])(=S)OC[C@H]3O[C@@H](n4cnc5c(=O)[nH]c(N)nc54)[C@H](OP(=O)(S)OC[C@H]2O[C@H]1n1cc2c4c(ncnc41)CCCC2)[C@@H]3N.CC[NH+](CC)CC.CC[NH+](CC)CC.Nc1nc2c(ncn2[C@@H]2O[C@@H]3COP([O-])(=S)O[C@H]4[C@@H](O)[C@H](n5cc6c7c(ncnc75)CCCC6)O[C@@H]4COP(O)(=S)O[C@@H]2[C@@H]3N)c(=O)[nH]1.[Na+].[Na+]. The molecule has 14 heterocycles. The van der Waals surface area contributed by atoms with Crippen molar-refractivity contribution in [1.29, 1.82) is 0 Å². The fourth-order valence-electron chi connectivity index (χ4n) is 15.5. The molecular formula is C68H106N20Na2O20P4S4Si+2. The zero-order valence-corrected chi connectivity index (χ0v) is 80.7. The second kappa shape index (κ2) is 40.0. The standard InChI is InChI=1S/C31H45N9O10P2S2Si.C25H31N9O10P2S2.2C6H15N.2Na/c1-31(2,3)55(4,5)50-24-22-18(47-29(24)39-10-15-8-6-7-9-16-19(15)25(39)35-13-34-16)12-45-52(43,54)49-23-20(32)17(11-44-51(42,53)48-22)46-28(23)40-14-36-21-26(40)37-30(33)38-27(21)41;26-15-12-6-39-45(37,47)43-18-13(42-23(17(18)35)33-5-10-3-1-2-4-11-14(10)20(33)29-8-28-11)7-40-46(38,48)44-19(15)24(41-12)34-9-30-16-21(34)31-25(27)32-22(16)36;2*1-4-7(5-2)6-3;;/h10,13-14,17-18,20,22-24,28-29H,6-9,11-12,32H2,1-5H3,(H,42,53)(H,43,54)(H3,33,37,38,41);5,8-9,12-13,15,17-19,23-24,35H,1-4,6-7,26H2,(H,37,47)(H,38,48)(H3,27,31,32,36);2*4-6H2,1-3H3;;/q;;;;2*+1/t17-,18-,20-,22-,23-,24-,28-,29-,51?,52?;12-,13-,15-,17-,18-,19-,23-,24-,45?,46?;;;;/m11..../s1. The largest absolute Gasteiger partial charge is 1.00 e. The number of aromatic nitrogens is 14. The summed E-state index contributed by atoms with van der Waals surface area (Å²) in [4.78, 5) is 107. The van der Waals surface area contributed by atoms with E-state index in [2.05, 4.69) is 137 Å². The summed E-state index contributed by atoms with van der Waals surface area (Å²) < 4.78 is 99.8. The number of hydrogen-bond donors (Lipinski definition) is 11. The zero-order valence-electron chi connectivity index (χ0n) is 68.8. The Hall–Kier alpha value is -2.55. The van der Waals surface area contributed by atoms with E-state index in [0.717, 1.165) is 84.7 Å². The van der Waals surface area contributed by atoms with E-state index in [9.17, 15) is 33.9 Å². The van der Waals surface area contributed by atoms with Crippen LogP contribution >= 0.6 is 39.2 Å². The molecule has 0 amide bonds. The number of aromatic amines is 2. The predicted octanol–water partition coefficient (Wildman–Crippen LogP) is -4.02. The summed E-state index contributed by atoms with van der Waals surface area (Å²) >= 11 is 20.5. The van der Waals surface area contributed by atoms with Gasteiger partial charge in [0.1, 0.15) is 98.4 Å². The number of rotatable bonds is 12. The first-order chi connectivity index (χ1) is 55.4. The minimum atomic E-state index is -4.37. The van der Waals surface area contributed by atoms with Crippen molar-refractivity contribution in [2.75, 3.05) is 77.2 Å². The summed E-state index contributed by atoms with van der Waals surface area (Å²) in [6, 6.07) is -2.12. The molecule has 51 heteroatoms. The van der Waals surface area contributed by atoms with Crippen LogP contribution in [0.3, 0.4) is 0 Å². The molecule has 40 nitrogen and oxygen atoms in total. The van der Waals surface area contributed by atoms with Crippen LogP contribution in [0.1, 0.15) is 135 Å². The Balaban J connectivity index is 0.000000199. The van der Waals surface area contributed by atoms with E-state index >= 15 is 0 Å². The number of thiol groups is 1. The maximum absolute atomic E-state index is 14.2. The molecule has 16 rings (SSSR count). The van der Waals surface area contributed by atoms with Crippen molar-refractivity contribution in [2.45, 2.75) is 230 Å². The van der Waals surface area contributed by atoms with Gasteiger partial charge in [-0.25, -0.2) is 34.5 Å². The van der Waals surface area contributed by atoms with Crippen LogP contribution in [-0.2, 0) is 125 Å². The van der Waals surface area contributed by atoms with Crippen molar-refractivity contribution >= 4 is 139 Å². The van der Waals surface area contributed by atoms with Gasteiger partial charge in [-0.2, -0.15) is 9.97 Å². The third-order valence-electron chi connectivity index (χ3n) is 23.0. The van der Waals surface area contributed by atoms with Crippen molar-refractivity contribution in [1.82, 2.24) is 68.1 Å². The monoisotopic (exact) mass is 1850 g/mol. The molecule has 6 aliphatic heterocycles. The van der Waals surface area contributed by atoms with Crippen molar-refractivity contribution in [3.63, 3.8) is 0 Å². The zero-order chi connectivity index (χ0) is 84.2. The van der Waals surface area contributed by atoms with Gasteiger partial charge < -0.3 is 108 Å². The Morgan fingerprint density at radius 3 is 1.43 bits per heavy atom. The van der Waals surface area contributed by atoms with E-state index < -0.39 is 171 Å². The van der Waals surface area contributed by atoms with Gasteiger partial charge in [-0.3, -0.25) is 42.3 Å². The molecule has 2 aliphatic carbocycles. The first-order valence-corrected chi connectivity index (χ1v) is 52.6. The van der Waals surface area contributed by atoms with Crippen LogP contribution in [0.15, 0.2) is 47.3 Å². The molecule has 6 saturated heterocycles. The third-order valence-corrected chi connectivity index (χ3v) is 33.7. The van der Waals surface area contributed by atoms with E-state index in [-0.39, 0.29) is 98.4 Å². The van der Waals surface area contributed by atoms with Gasteiger partial charge in [0.2, 0.25) is 11.9 Å². The number of nitrogens with zero attached hydrogens (tertiary/aromatic N) is 12. The number of aryl methyl sites for hydroxylation is 4. The van der Waals surface area contributed by atoms with Gasteiger partial charge in [-0.15, -0.1) is 0 Å². The molecule has 119 heavy (non-hydrogen) atoms. The maximum atomic E-state index is 14.2. The molecule has 8 aliphatic rings. The van der Waals surface area contributed by atoms with E-state index in [1.54, 1.807) is 20.7 Å². The van der Waals surface area contributed by atoms with Crippen molar-refractivity contribution < 1.29 is 153 Å². The minimum Gasteiger partial charge on any atom is -0.780 e. The molecule has 0 radical (unpaired) electrons. The second-order valence-electron chi connectivity index (χ2n) is 31.3. The van der Waals surface area contributed by atoms with Gasteiger partial charge in [0.15, 0.2) is 55.6 Å². The Morgan fingerprint density at radius 2 is 0.975 bits per heavy atom. The number of nitrogens with two attached hydrogens (primary N) is 4. The summed E-state index contributed by atoms with van der Waals surface area (Å²) in [6.07, 6.45) is 0.741. The van der Waals surface area contributed by atoms with E-state index in [0.29, 0.717) is 11.3 Å². The average Bonchev–Trinajstić information content (AvgIpc) is 1.61. The molecule has 4 unspecified atom stereocenters. The van der Waals surface area contributed by atoms with Crippen LogP contribution in [0.5, 0.6) is 0 Å². The van der Waals surface area contributed by atoms with Gasteiger partial charge in [0.25, 0.3) is 11.1 Å². The average molecular weight is 1850 g/mol. The van der Waals surface area contributed by atoms with Gasteiger partial charge >= 0.3 is 72.6 Å². The molecule has 0 aromatic carbocycles. The molecule has 0 saturated carbocycles. The second-order valence-corrected chi connectivity index (χ2v) is 47.1. The summed E-state index contributed by atoms with van der Waals surface area (Å²) in [7, 11) is -2.61. The van der Waals surface area contributed by atoms with Gasteiger partial charge in [-0.1, -0.05) is 56.6 Å². The van der Waals surface area contributed by atoms with Crippen LogP contribution in [-0.4, -0.2) is 225 Å². The Labute approximate surface area is 753 Å². The van der Waals surface area contributed by atoms with Gasteiger partial charge in [0, 0.05) is 23.2 Å². The van der Waals surface area contributed by atoms with Gasteiger partial charge in [-0.05, 0) is 134 Å². The third kappa shape index (κ3) is 21.4. The summed E-state index contributed by atoms with van der Waals surface area (Å²) in [5.41, 5.74) is 28.7. The number of hydrogen-bond acceptors (Lipinski definition) is 34. The van der Waals surface area contributed by atoms with Crippen LogP contribution in [0, 0.1) is 0 Å². The summed E-state index contributed by atoms with van der Waals surface area (Å²) in [5, 5.41) is 13.2. The number of nitrogens with one attached hydrogen (secondary N) is 4. The van der Waals surface area contributed by atoms with E-state index in [4.69, 9.17) is 118 Å². The molecule has 14 N–H and O–H groups in total. The normalized spacial score (nSPS) is 32.5. The number of ether oxygens (including phenoxy) is 4. The topological polar surface area (TPSA) is 525 Å². The number of nitrogen functional groups attached to an aromatic ring is 2. The quantitative estimate of drug-likeness (QED) is 0.0315. The minimum absolute atomic E-state index is 0. The van der Waals surface area contributed by atoms with Crippen LogP contribution < -0.4 is 113 Å². The van der Waals surface area contributed by atoms with Crippen LogP contribution in [0.25, 0.3) is 44.4 Å². The van der Waals surface area contributed by atoms with E-state index in [1.807, 2.05) is 17.0 Å². The molecule has 646 valence electrons. The Bertz CT molecular complexity index is 5180. The van der Waals surface area contributed by atoms with Crippen molar-refractivity contribution in [2.24, 2.45) is 11.5 Å². The molecule has 6 fully saturated rings. The van der Waals surface area contributed by atoms with Gasteiger partial charge in [0.05, 0.1) is 102 Å². The predicted molar refractivity (Wildman–Crippen MR) is 443 cm³/mol. The number of fused-ring (bicyclic) bond motifs is 8. The Kier molecular flexibility index (Phi) is 32.6. The first kappa shape index (κ1) is 97.1. The first-order valence-electron chi connectivity index (χ1n) is 39.3. The Morgan fingerprint density at radius 1 is 0.571 bits per heavy atom. The molecule has 8 aromatic rings. The molecule has 8 aromatic heterocycles. The number of H-pyrrole nitrogens is 2. The number of quaternary nitrogens is 2. The smallest absolute Gasteiger partial charge is 0.780 e. The summed E-state index contributed by atoms with van der Waals surface area (Å²) in [5.74, 6) is -0.350. The fourth-order valence-corrected chi connectivity index (χ4v) is 22.6. The number of aliphatic hydroxyl groups excluding tert-OH is 1. The summed E-state index contributed by atoms with van der Waals surface area (Å²) in [6.45, 7) is 12.5. The van der Waals surface area contributed by atoms with Crippen molar-refractivity contribution in [3.05, 3.63) is 80.9 Å². The molecular weight excluding hydrogens is 1740 g/mol. The fraction of sp³-hybridized carbons (Fsp3) is 0.676. The number of anilines is 2. The number of aliphatic hydroxyl groups is 1. The number of imidazole rings is 2. The van der Waals surface area contributed by atoms with E-state index in [1.165, 1.54) is 67.4 Å². The molecule has 0 spiro atoms. The van der Waals surface area contributed by atoms with Crippen LogP contribution in [0.4, 0.5) is 11.9 Å².